The van der Waals surface area contributed by atoms with Crippen LogP contribution in [0.3, 0.4) is 0 Å². The van der Waals surface area contributed by atoms with E-state index in [0.29, 0.717) is 12.3 Å². The molecule has 0 bridgehead atoms. The van der Waals surface area contributed by atoms with Crippen LogP contribution < -0.4 is 0 Å². The van der Waals surface area contributed by atoms with Crippen molar-refractivity contribution in [1.29, 1.82) is 0 Å². The highest BCUT2D eigenvalue weighted by molar-refractivity contribution is 7.99. The summed E-state index contributed by atoms with van der Waals surface area (Å²) in [5, 5.41) is 11.6. The fourth-order valence-corrected chi connectivity index (χ4v) is 4.05. The molecule has 0 N–H and O–H groups in total. The summed E-state index contributed by atoms with van der Waals surface area (Å²) in [5.74, 6) is 1.47. The summed E-state index contributed by atoms with van der Waals surface area (Å²) in [4.78, 5) is 13.3. The maximum atomic E-state index is 12.3. The van der Waals surface area contributed by atoms with Crippen molar-refractivity contribution in [2.24, 2.45) is 5.41 Å². The van der Waals surface area contributed by atoms with Gasteiger partial charge >= 0.3 is 0 Å². The first-order valence-electron chi connectivity index (χ1n) is 8.12. The lowest BCUT2D eigenvalue weighted by Gasteiger charge is -2.16. The van der Waals surface area contributed by atoms with E-state index in [1.54, 1.807) is 11.3 Å². The molecule has 0 radical (unpaired) electrons. The van der Waals surface area contributed by atoms with E-state index in [1.807, 2.05) is 56.5 Å². The van der Waals surface area contributed by atoms with Crippen LogP contribution in [0.1, 0.15) is 26.3 Å². The van der Waals surface area contributed by atoms with Gasteiger partial charge in [-0.15, -0.1) is 21.5 Å². The van der Waals surface area contributed by atoms with Crippen LogP contribution in [0.2, 0.25) is 0 Å². The maximum Gasteiger partial charge on any atom is 0.192 e. The molecule has 0 aliphatic rings. The number of Topliss-reactive ketones (excluding diaryl/α,β-unsaturated/α-hetero) is 1. The van der Waals surface area contributed by atoms with Gasteiger partial charge < -0.3 is 0 Å². The minimum absolute atomic E-state index is 0.212. The van der Waals surface area contributed by atoms with Crippen LogP contribution in [0.5, 0.6) is 0 Å². The average molecular weight is 372 g/mol. The van der Waals surface area contributed by atoms with E-state index in [4.69, 9.17) is 0 Å². The molecule has 0 unspecified atom stereocenters. The number of ketones is 1. The Hall–Kier alpha value is -1.92. The maximum absolute atomic E-state index is 12.3. The molecule has 1 aromatic carbocycles. The third-order valence-corrected chi connectivity index (χ3v) is 5.64. The third kappa shape index (κ3) is 4.38. The minimum Gasteiger partial charge on any atom is -0.298 e. The molecule has 0 atom stereocenters. The van der Waals surface area contributed by atoms with Gasteiger partial charge in [0.15, 0.2) is 11.0 Å². The standard InChI is InChI=1S/C19H21N3OS2/c1-19(2,3)16(23)13-25-18-21-20-17(15-10-7-11-24-15)22(18)12-14-8-5-4-6-9-14/h4-11H,12-13H2,1-3H3. The first kappa shape index (κ1) is 17.9. The quantitative estimate of drug-likeness (QED) is 0.586. The van der Waals surface area contributed by atoms with Crippen LogP contribution in [0.25, 0.3) is 10.7 Å². The van der Waals surface area contributed by atoms with Gasteiger partial charge in [0.25, 0.3) is 0 Å². The lowest BCUT2D eigenvalue weighted by Crippen LogP contribution is -2.22. The zero-order valence-corrected chi connectivity index (χ0v) is 16.2. The van der Waals surface area contributed by atoms with Crippen LogP contribution in [0.4, 0.5) is 0 Å². The number of aromatic nitrogens is 3. The van der Waals surface area contributed by atoms with Crippen molar-refractivity contribution < 1.29 is 4.79 Å². The Kier molecular flexibility index (Phi) is 5.39. The molecule has 3 aromatic rings. The molecule has 130 valence electrons. The van der Waals surface area contributed by atoms with Crippen molar-refractivity contribution >= 4 is 28.9 Å². The first-order chi connectivity index (χ1) is 11.9. The second-order valence-corrected chi connectivity index (χ2v) is 8.71. The topological polar surface area (TPSA) is 47.8 Å². The SMILES string of the molecule is CC(C)(C)C(=O)CSc1nnc(-c2cccs2)n1Cc1ccccc1. The molecule has 3 rings (SSSR count). The summed E-state index contributed by atoms with van der Waals surface area (Å²) >= 11 is 3.11. The van der Waals surface area contributed by atoms with Gasteiger partial charge in [0.05, 0.1) is 17.2 Å². The molecular formula is C19H21N3OS2. The molecule has 6 heteroatoms. The minimum atomic E-state index is -0.339. The number of carbonyl (C=O) groups is 1. The Morgan fingerprint density at radius 2 is 1.88 bits per heavy atom. The van der Waals surface area contributed by atoms with Crippen LogP contribution in [-0.2, 0) is 11.3 Å². The Morgan fingerprint density at radius 3 is 2.52 bits per heavy atom. The van der Waals surface area contributed by atoms with Gasteiger partial charge in [-0.2, -0.15) is 0 Å². The fourth-order valence-electron chi connectivity index (χ4n) is 2.24. The Balaban J connectivity index is 1.89. The molecule has 0 fully saturated rings. The Morgan fingerprint density at radius 1 is 1.12 bits per heavy atom. The van der Waals surface area contributed by atoms with E-state index in [1.165, 1.54) is 17.3 Å². The summed E-state index contributed by atoms with van der Waals surface area (Å²) in [6.45, 7) is 6.53. The number of hydrogen-bond donors (Lipinski definition) is 0. The highest BCUT2D eigenvalue weighted by atomic mass is 32.2. The molecule has 2 heterocycles. The summed E-state index contributed by atoms with van der Waals surface area (Å²) in [6.07, 6.45) is 0. The van der Waals surface area contributed by atoms with Gasteiger partial charge in [0.1, 0.15) is 5.78 Å². The molecule has 0 amide bonds. The molecule has 4 nitrogen and oxygen atoms in total. The van der Waals surface area contributed by atoms with Gasteiger partial charge in [-0.05, 0) is 17.0 Å². The number of carbonyl (C=O) groups excluding carboxylic acids is 1. The summed E-state index contributed by atoms with van der Waals surface area (Å²) < 4.78 is 2.10. The van der Waals surface area contributed by atoms with Gasteiger partial charge in [0, 0.05) is 5.41 Å². The van der Waals surface area contributed by atoms with Crippen molar-refractivity contribution in [1.82, 2.24) is 14.8 Å². The number of hydrogen-bond acceptors (Lipinski definition) is 5. The second-order valence-electron chi connectivity index (χ2n) is 6.82. The summed E-state index contributed by atoms with van der Waals surface area (Å²) in [6, 6.07) is 14.3. The smallest absolute Gasteiger partial charge is 0.192 e. The average Bonchev–Trinajstić information content (AvgIpc) is 3.22. The van der Waals surface area contributed by atoms with Crippen molar-refractivity contribution in [2.45, 2.75) is 32.5 Å². The third-order valence-electron chi connectivity index (χ3n) is 3.81. The van der Waals surface area contributed by atoms with Gasteiger partial charge in [-0.3, -0.25) is 9.36 Å². The van der Waals surface area contributed by atoms with Crippen LogP contribution in [-0.4, -0.2) is 26.3 Å². The molecule has 0 spiro atoms. The van der Waals surface area contributed by atoms with Crippen molar-refractivity contribution in [3.05, 3.63) is 53.4 Å². The number of thiophene rings is 1. The van der Waals surface area contributed by atoms with Crippen molar-refractivity contribution in [2.75, 3.05) is 5.75 Å². The van der Waals surface area contributed by atoms with E-state index in [2.05, 4.69) is 26.9 Å². The summed E-state index contributed by atoms with van der Waals surface area (Å²) in [5.41, 5.74) is 0.845. The molecule has 0 aliphatic carbocycles. The van der Waals surface area contributed by atoms with Crippen molar-refractivity contribution in [3.8, 4) is 10.7 Å². The van der Waals surface area contributed by atoms with Crippen LogP contribution in [0, 0.1) is 5.41 Å². The normalized spacial score (nSPS) is 11.6. The van der Waals surface area contributed by atoms with Gasteiger partial charge in [-0.1, -0.05) is 68.9 Å². The second kappa shape index (κ2) is 7.54. The lowest BCUT2D eigenvalue weighted by molar-refractivity contribution is -0.123. The highest BCUT2D eigenvalue weighted by Crippen LogP contribution is 2.29. The predicted molar refractivity (Wildman–Crippen MR) is 104 cm³/mol. The zero-order chi connectivity index (χ0) is 17.9. The van der Waals surface area contributed by atoms with E-state index < -0.39 is 0 Å². The van der Waals surface area contributed by atoms with Crippen LogP contribution >= 0.6 is 23.1 Å². The van der Waals surface area contributed by atoms with E-state index in [0.717, 1.165) is 15.9 Å². The zero-order valence-electron chi connectivity index (χ0n) is 14.6. The Bertz CT molecular complexity index is 833. The fraction of sp³-hybridized carbons (Fsp3) is 0.316. The van der Waals surface area contributed by atoms with Crippen molar-refractivity contribution in [3.63, 3.8) is 0 Å². The number of benzene rings is 1. The molecule has 25 heavy (non-hydrogen) atoms. The number of thioether (sulfide) groups is 1. The molecule has 2 aromatic heterocycles. The number of rotatable bonds is 6. The monoisotopic (exact) mass is 371 g/mol. The largest absolute Gasteiger partial charge is 0.298 e. The molecule has 0 saturated carbocycles. The Labute approximate surface area is 156 Å². The number of nitrogens with zero attached hydrogens (tertiary/aromatic N) is 3. The van der Waals surface area contributed by atoms with Gasteiger partial charge in [0.2, 0.25) is 0 Å². The lowest BCUT2D eigenvalue weighted by atomic mass is 9.92. The highest BCUT2D eigenvalue weighted by Gasteiger charge is 2.23. The molecular weight excluding hydrogens is 350 g/mol. The van der Waals surface area contributed by atoms with Crippen LogP contribution in [0.15, 0.2) is 53.0 Å². The predicted octanol–water partition coefficient (Wildman–Crippen LogP) is 4.76. The molecule has 0 saturated heterocycles. The van der Waals surface area contributed by atoms with E-state index in [9.17, 15) is 4.79 Å². The van der Waals surface area contributed by atoms with E-state index in [-0.39, 0.29) is 11.2 Å². The first-order valence-corrected chi connectivity index (χ1v) is 9.99. The van der Waals surface area contributed by atoms with E-state index >= 15 is 0 Å². The molecule has 0 aliphatic heterocycles. The summed E-state index contributed by atoms with van der Waals surface area (Å²) in [7, 11) is 0. The van der Waals surface area contributed by atoms with Gasteiger partial charge in [-0.25, -0.2) is 0 Å².